The molecule has 0 aliphatic rings. The molecule has 1 aromatic carbocycles. The van der Waals surface area contributed by atoms with Crippen LogP contribution in [0.3, 0.4) is 0 Å². The van der Waals surface area contributed by atoms with Gasteiger partial charge in [-0.05, 0) is 24.3 Å². The topological polar surface area (TPSA) is 46.5 Å². The number of ether oxygens (including phenoxy) is 1. The predicted molar refractivity (Wildman–Crippen MR) is 57.2 cm³/mol. The second kappa shape index (κ2) is 5.94. The molecule has 0 amide bonds. The van der Waals surface area contributed by atoms with Crippen molar-refractivity contribution in [3.63, 3.8) is 0 Å². The molecule has 1 N–H and O–H groups in total. The summed E-state index contributed by atoms with van der Waals surface area (Å²) >= 11 is 5.40. The monoisotopic (exact) mass is 224 g/mol. The minimum Gasteiger partial charge on any atom is -0.482 e. The molecule has 0 saturated carbocycles. The van der Waals surface area contributed by atoms with Crippen molar-refractivity contribution < 1.29 is 14.6 Å². The number of carbonyl (C=O) groups is 1. The standard InChI is InChI=1S/C11H9ClO3/c12-7-1-2-9-3-5-10(6-4-9)15-8-11(13)14/h3-6H,7-8H2,(H,13,14). The van der Waals surface area contributed by atoms with Gasteiger partial charge >= 0.3 is 5.97 Å². The van der Waals surface area contributed by atoms with Crippen LogP contribution >= 0.6 is 11.6 Å². The molecule has 1 aromatic rings. The molecule has 0 bridgehead atoms. The highest BCUT2D eigenvalue weighted by molar-refractivity contribution is 6.19. The van der Waals surface area contributed by atoms with E-state index in [4.69, 9.17) is 21.4 Å². The van der Waals surface area contributed by atoms with E-state index in [1.54, 1.807) is 24.3 Å². The van der Waals surface area contributed by atoms with Crippen molar-refractivity contribution in [1.82, 2.24) is 0 Å². The zero-order valence-electron chi connectivity index (χ0n) is 7.87. The summed E-state index contributed by atoms with van der Waals surface area (Å²) in [5.41, 5.74) is 0.818. The van der Waals surface area contributed by atoms with Gasteiger partial charge in [-0.3, -0.25) is 0 Å². The van der Waals surface area contributed by atoms with Crippen molar-refractivity contribution in [2.75, 3.05) is 12.5 Å². The number of rotatable bonds is 3. The van der Waals surface area contributed by atoms with Gasteiger partial charge in [0.05, 0.1) is 5.88 Å². The van der Waals surface area contributed by atoms with Crippen LogP contribution in [0.25, 0.3) is 0 Å². The van der Waals surface area contributed by atoms with Gasteiger partial charge in [-0.2, -0.15) is 0 Å². The first-order chi connectivity index (χ1) is 7.22. The van der Waals surface area contributed by atoms with E-state index in [0.29, 0.717) is 5.75 Å². The molecule has 0 saturated heterocycles. The summed E-state index contributed by atoms with van der Waals surface area (Å²) in [4.78, 5) is 10.2. The second-order valence-electron chi connectivity index (χ2n) is 2.64. The van der Waals surface area contributed by atoms with Crippen LogP contribution in [0.2, 0.25) is 0 Å². The molecule has 0 unspecified atom stereocenters. The summed E-state index contributed by atoms with van der Waals surface area (Å²) < 4.78 is 4.95. The SMILES string of the molecule is O=C(O)COc1ccc(C#CCCl)cc1. The maximum Gasteiger partial charge on any atom is 0.341 e. The van der Waals surface area contributed by atoms with E-state index in [2.05, 4.69) is 11.8 Å². The maximum atomic E-state index is 10.2. The lowest BCUT2D eigenvalue weighted by molar-refractivity contribution is -0.139. The highest BCUT2D eigenvalue weighted by atomic mass is 35.5. The molecular formula is C11H9ClO3. The van der Waals surface area contributed by atoms with E-state index in [1.807, 2.05) is 0 Å². The molecule has 4 heteroatoms. The third kappa shape index (κ3) is 4.39. The molecule has 0 radical (unpaired) electrons. The van der Waals surface area contributed by atoms with Crippen LogP contribution in [0.4, 0.5) is 0 Å². The first-order valence-corrected chi connectivity index (χ1v) is 4.75. The van der Waals surface area contributed by atoms with Gasteiger partial charge in [0.25, 0.3) is 0 Å². The van der Waals surface area contributed by atoms with Crippen molar-refractivity contribution in [1.29, 1.82) is 0 Å². The third-order valence-corrected chi connectivity index (χ3v) is 1.65. The summed E-state index contributed by atoms with van der Waals surface area (Å²) in [6.45, 7) is -0.341. The molecule has 0 aliphatic carbocycles. The number of carboxylic acid groups (broad SMARTS) is 1. The first-order valence-electron chi connectivity index (χ1n) is 4.22. The van der Waals surface area contributed by atoms with Crippen LogP contribution in [0.15, 0.2) is 24.3 Å². The second-order valence-corrected chi connectivity index (χ2v) is 2.91. The minimum absolute atomic E-state index is 0.289. The molecule has 78 valence electrons. The van der Waals surface area contributed by atoms with Gasteiger partial charge in [-0.1, -0.05) is 11.8 Å². The Bertz CT molecular complexity index is 387. The van der Waals surface area contributed by atoms with Gasteiger partial charge in [0, 0.05) is 5.56 Å². The van der Waals surface area contributed by atoms with E-state index >= 15 is 0 Å². The summed E-state index contributed by atoms with van der Waals surface area (Å²) in [7, 11) is 0. The van der Waals surface area contributed by atoms with E-state index in [1.165, 1.54) is 0 Å². The third-order valence-electron chi connectivity index (χ3n) is 1.52. The number of halogens is 1. The van der Waals surface area contributed by atoms with Crippen molar-refractivity contribution >= 4 is 17.6 Å². The Balaban J connectivity index is 2.60. The Hall–Kier alpha value is -1.66. The molecule has 15 heavy (non-hydrogen) atoms. The van der Waals surface area contributed by atoms with E-state index in [0.717, 1.165) is 5.56 Å². The Morgan fingerprint density at radius 3 is 2.60 bits per heavy atom. The fourth-order valence-corrected chi connectivity index (χ4v) is 0.982. The van der Waals surface area contributed by atoms with Crippen molar-refractivity contribution in [2.45, 2.75) is 0 Å². The lowest BCUT2D eigenvalue weighted by atomic mass is 10.2. The Kier molecular flexibility index (Phi) is 4.52. The summed E-state index contributed by atoms with van der Waals surface area (Å²) in [6.07, 6.45) is 0. The zero-order chi connectivity index (χ0) is 11.1. The van der Waals surface area contributed by atoms with Crippen LogP contribution in [0.5, 0.6) is 5.75 Å². The van der Waals surface area contributed by atoms with E-state index < -0.39 is 5.97 Å². The molecule has 0 aliphatic heterocycles. The summed E-state index contributed by atoms with van der Waals surface area (Å²) in [5.74, 6) is 5.35. The predicted octanol–water partition coefficient (Wildman–Crippen LogP) is 1.74. The minimum atomic E-state index is -0.999. The average Bonchev–Trinajstić information content (AvgIpc) is 2.25. The van der Waals surface area contributed by atoms with Gasteiger partial charge in [-0.25, -0.2) is 4.79 Å². The van der Waals surface area contributed by atoms with Crippen LogP contribution in [0.1, 0.15) is 5.56 Å². The van der Waals surface area contributed by atoms with Crippen molar-refractivity contribution in [2.24, 2.45) is 0 Å². The number of hydrogen-bond donors (Lipinski definition) is 1. The van der Waals surface area contributed by atoms with Crippen LogP contribution in [-0.2, 0) is 4.79 Å². The van der Waals surface area contributed by atoms with E-state index in [-0.39, 0.29) is 12.5 Å². The molecule has 0 aromatic heterocycles. The summed E-state index contributed by atoms with van der Waals surface area (Å²) in [6, 6.07) is 6.83. The zero-order valence-corrected chi connectivity index (χ0v) is 8.62. The number of hydrogen-bond acceptors (Lipinski definition) is 2. The summed E-state index contributed by atoms with van der Waals surface area (Å²) in [5, 5.41) is 8.38. The lowest BCUT2D eigenvalue weighted by Gasteiger charge is -2.01. The largest absolute Gasteiger partial charge is 0.482 e. The Morgan fingerprint density at radius 1 is 1.40 bits per heavy atom. The Labute approximate surface area is 92.6 Å². The fraction of sp³-hybridized carbons (Fsp3) is 0.182. The molecule has 1 rings (SSSR count). The number of aliphatic carboxylic acids is 1. The number of benzene rings is 1. The van der Waals surface area contributed by atoms with Gasteiger partial charge < -0.3 is 9.84 Å². The molecule has 0 atom stereocenters. The van der Waals surface area contributed by atoms with Gasteiger partial charge in [0.2, 0.25) is 0 Å². The molecule has 0 spiro atoms. The molecule has 0 fully saturated rings. The maximum absolute atomic E-state index is 10.2. The number of alkyl halides is 1. The number of carboxylic acids is 1. The highest BCUT2D eigenvalue weighted by Gasteiger charge is 1.98. The van der Waals surface area contributed by atoms with Crippen LogP contribution in [0, 0.1) is 11.8 Å². The normalized spacial score (nSPS) is 8.87. The van der Waals surface area contributed by atoms with Gasteiger partial charge in [0.15, 0.2) is 6.61 Å². The molecule has 3 nitrogen and oxygen atoms in total. The average molecular weight is 225 g/mol. The van der Waals surface area contributed by atoms with Crippen molar-refractivity contribution in [3.8, 4) is 17.6 Å². The van der Waals surface area contributed by atoms with Gasteiger partial charge in [0.1, 0.15) is 5.75 Å². The van der Waals surface area contributed by atoms with Gasteiger partial charge in [-0.15, -0.1) is 11.6 Å². The first kappa shape index (κ1) is 11.4. The Morgan fingerprint density at radius 2 is 2.07 bits per heavy atom. The van der Waals surface area contributed by atoms with Crippen molar-refractivity contribution in [3.05, 3.63) is 29.8 Å². The fourth-order valence-electron chi connectivity index (χ4n) is 0.915. The quantitative estimate of drug-likeness (QED) is 0.629. The van der Waals surface area contributed by atoms with Crippen LogP contribution < -0.4 is 4.74 Å². The molecular weight excluding hydrogens is 216 g/mol. The molecule has 0 heterocycles. The van der Waals surface area contributed by atoms with E-state index in [9.17, 15) is 4.79 Å². The lowest BCUT2D eigenvalue weighted by Crippen LogP contribution is -2.09. The smallest absolute Gasteiger partial charge is 0.341 e. The highest BCUT2D eigenvalue weighted by Crippen LogP contribution is 2.11. The van der Waals surface area contributed by atoms with Crippen LogP contribution in [-0.4, -0.2) is 23.6 Å².